The first-order valence-corrected chi connectivity index (χ1v) is 7.14. The quantitative estimate of drug-likeness (QED) is 0.834. The molecule has 0 atom stereocenters. The lowest BCUT2D eigenvalue weighted by atomic mass is 9.99. The summed E-state index contributed by atoms with van der Waals surface area (Å²) in [5, 5.41) is 4.75. The maximum Gasteiger partial charge on any atom is 0.0970 e. The molecule has 90 valence electrons. The zero-order valence-electron chi connectivity index (χ0n) is 10.4. The van der Waals surface area contributed by atoms with Crippen LogP contribution in [0.25, 0.3) is 10.2 Å². The Hall–Kier alpha value is -0.930. The van der Waals surface area contributed by atoms with E-state index < -0.39 is 0 Å². The lowest BCUT2D eigenvalue weighted by Gasteiger charge is -2.20. The minimum Gasteiger partial charge on any atom is -0.317 e. The standard InChI is InChI=1S/C14H18N2S/c1-9-7-12-13(8-10(9)2)17-14(16-12)11-3-5-15-6-4-11/h7-8,11,15H,3-6H2,1-2H3. The molecule has 2 nitrogen and oxygen atoms in total. The molecule has 0 saturated carbocycles. The molecule has 1 aliphatic heterocycles. The van der Waals surface area contributed by atoms with Gasteiger partial charge >= 0.3 is 0 Å². The van der Waals surface area contributed by atoms with Crippen molar-refractivity contribution in [3.05, 3.63) is 28.3 Å². The van der Waals surface area contributed by atoms with Crippen LogP contribution in [0.15, 0.2) is 12.1 Å². The smallest absolute Gasteiger partial charge is 0.0970 e. The van der Waals surface area contributed by atoms with Crippen molar-refractivity contribution in [3.8, 4) is 0 Å². The lowest BCUT2D eigenvalue weighted by Crippen LogP contribution is -2.26. The molecular weight excluding hydrogens is 228 g/mol. The molecule has 1 aromatic heterocycles. The minimum absolute atomic E-state index is 0.675. The van der Waals surface area contributed by atoms with E-state index in [1.54, 1.807) is 0 Å². The Kier molecular flexibility index (Phi) is 2.89. The zero-order chi connectivity index (χ0) is 11.8. The number of thiazole rings is 1. The zero-order valence-corrected chi connectivity index (χ0v) is 11.2. The second-order valence-corrected chi connectivity index (χ2v) is 6.04. The number of hydrogen-bond acceptors (Lipinski definition) is 3. The number of aromatic nitrogens is 1. The van der Waals surface area contributed by atoms with Gasteiger partial charge in [-0.25, -0.2) is 4.98 Å². The number of nitrogens with zero attached hydrogens (tertiary/aromatic N) is 1. The molecule has 0 bridgehead atoms. The molecule has 1 saturated heterocycles. The molecule has 2 aromatic rings. The second-order valence-electron chi connectivity index (χ2n) is 4.98. The van der Waals surface area contributed by atoms with Crippen LogP contribution >= 0.6 is 11.3 Å². The SMILES string of the molecule is Cc1cc2nc(C3CCNCC3)sc2cc1C. The Labute approximate surface area is 106 Å². The molecule has 3 heteroatoms. The molecule has 17 heavy (non-hydrogen) atoms. The van der Waals surface area contributed by atoms with Crippen molar-refractivity contribution in [1.29, 1.82) is 0 Å². The van der Waals surface area contributed by atoms with Crippen LogP contribution in [-0.4, -0.2) is 18.1 Å². The van der Waals surface area contributed by atoms with Crippen molar-refractivity contribution >= 4 is 21.6 Å². The molecule has 0 unspecified atom stereocenters. The molecular formula is C14H18N2S. The monoisotopic (exact) mass is 246 g/mol. The van der Waals surface area contributed by atoms with Gasteiger partial charge in [0.1, 0.15) is 0 Å². The number of aryl methyl sites for hydroxylation is 2. The van der Waals surface area contributed by atoms with Gasteiger partial charge in [0.05, 0.1) is 15.2 Å². The van der Waals surface area contributed by atoms with Gasteiger partial charge in [-0.3, -0.25) is 0 Å². The van der Waals surface area contributed by atoms with Gasteiger partial charge in [-0.05, 0) is 63.0 Å². The molecule has 2 heterocycles. The first kappa shape index (κ1) is 11.2. The average Bonchev–Trinajstić information content (AvgIpc) is 2.74. The number of fused-ring (bicyclic) bond motifs is 1. The normalized spacial score (nSPS) is 17.8. The molecule has 1 fully saturated rings. The molecule has 1 N–H and O–H groups in total. The molecule has 0 radical (unpaired) electrons. The van der Waals surface area contributed by atoms with Crippen LogP contribution in [-0.2, 0) is 0 Å². The first-order chi connectivity index (χ1) is 8.24. The minimum atomic E-state index is 0.675. The molecule has 3 rings (SSSR count). The number of piperidine rings is 1. The van der Waals surface area contributed by atoms with Crippen LogP contribution in [0, 0.1) is 13.8 Å². The van der Waals surface area contributed by atoms with Crippen molar-refractivity contribution in [2.75, 3.05) is 13.1 Å². The van der Waals surface area contributed by atoms with Crippen molar-refractivity contribution in [3.63, 3.8) is 0 Å². The predicted octanol–water partition coefficient (Wildman–Crippen LogP) is 3.38. The fourth-order valence-corrected chi connectivity index (χ4v) is 3.66. The molecule has 1 aliphatic rings. The van der Waals surface area contributed by atoms with Crippen LogP contribution in [0.3, 0.4) is 0 Å². The third-order valence-electron chi connectivity index (χ3n) is 3.71. The molecule has 1 aromatic carbocycles. The fourth-order valence-electron chi connectivity index (χ4n) is 2.44. The van der Waals surface area contributed by atoms with E-state index in [0.29, 0.717) is 5.92 Å². The van der Waals surface area contributed by atoms with Gasteiger partial charge in [0.25, 0.3) is 0 Å². The predicted molar refractivity (Wildman–Crippen MR) is 73.9 cm³/mol. The highest BCUT2D eigenvalue weighted by Crippen LogP contribution is 2.33. The van der Waals surface area contributed by atoms with E-state index in [9.17, 15) is 0 Å². The highest BCUT2D eigenvalue weighted by Gasteiger charge is 2.19. The van der Waals surface area contributed by atoms with Crippen molar-refractivity contribution in [2.24, 2.45) is 0 Å². The summed E-state index contributed by atoms with van der Waals surface area (Å²) in [6, 6.07) is 4.51. The lowest BCUT2D eigenvalue weighted by molar-refractivity contribution is 0.459. The van der Waals surface area contributed by atoms with Crippen LogP contribution in [0.1, 0.15) is 34.9 Å². The Bertz CT molecular complexity index is 499. The number of rotatable bonds is 1. The molecule has 0 spiro atoms. The van der Waals surface area contributed by atoms with Gasteiger partial charge in [0.15, 0.2) is 0 Å². The van der Waals surface area contributed by atoms with E-state index in [0.717, 1.165) is 13.1 Å². The van der Waals surface area contributed by atoms with Gasteiger partial charge in [-0.2, -0.15) is 0 Å². The van der Waals surface area contributed by atoms with E-state index in [2.05, 4.69) is 31.3 Å². The van der Waals surface area contributed by atoms with Crippen LogP contribution in [0.5, 0.6) is 0 Å². The maximum absolute atomic E-state index is 4.83. The van der Waals surface area contributed by atoms with Crippen LogP contribution in [0.2, 0.25) is 0 Å². The summed E-state index contributed by atoms with van der Waals surface area (Å²) in [7, 11) is 0. The number of hydrogen-bond donors (Lipinski definition) is 1. The fraction of sp³-hybridized carbons (Fsp3) is 0.500. The molecule has 0 amide bonds. The summed E-state index contributed by atoms with van der Waals surface area (Å²) in [6.07, 6.45) is 2.47. The summed E-state index contributed by atoms with van der Waals surface area (Å²) in [4.78, 5) is 4.83. The van der Waals surface area contributed by atoms with E-state index in [1.807, 2.05) is 11.3 Å². The Morgan fingerprint density at radius 2 is 1.88 bits per heavy atom. The highest BCUT2D eigenvalue weighted by molar-refractivity contribution is 7.18. The second kappa shape index (κ2) is 4.39. The maximum atomic E-state index is 4.83. The average molecular weight is 246 g/mol. The molecule has 0 aliphatic carbocycles. The summed E-state index contributed by atoms with van der Waals surface area (Å²) >= 11 is 1.89. The summed E-state index contributed by atoms with van der Waals surface area (Å²) < 4.78 is 1.35. The summed E-state index contributed by atoms with van der Waals surface area (Å²) in [5.41, 5.74) is 3.91. The number of nitrogens with one attached hydrogen (secondary N) is 1. The third kappa shape index (κ3) is 2.09. The Balaban J connectivity index is 2.00. The highest BCUT2D eigenvalue weighted by atomic mass is 32.1. The van der Waals surface area contributed by atoms with Gasteiger partial charge in [0.2, 0.25) is 0 Å². The van der Waals surface area contributed by atoms with E-state index in [-0.39, 0.29) is 0 Å². The van der Waals surface area contributed by atoms with Gasteiger partial charge in [-0.15, -0.1) is 11.3 Å². The van der Waals surface area contributed by atoms with Gasteiger partial charge in [0, 0.05) is 5.92 Å². The van der Waals surface area contributed by atoms with E-state index >= 15 is 0 Å². The Morgan fingerprint density at radius 3 is 2.65 bits per heavy atom. The summed E-state index contributed by atoms with van der Waals surface area (Å²) in [6.45, 7) is 6.62. The number of benzene rings is 1. The van der Waals surface area contributed by atoms with E-state index in [4.69, 9.17) is 4.98 Å². The largest absolute Gasteiger partial charge is 0.317 e. The van der Waals surface area contributed by atoms with Gasteiger partial charge < -0.3 is 5.32 Å². The third-order valence-corrected chi connectivity index (χ3v) is 4.89. The Morgan fingerprint density at radius 1 is 1.18 bits per heavy atom. The van der Waals surface area contributed by atoms with E-state index in [1.165, 1.54) is 39.2 Å². The topological polar surface area (TPSA) is 24.9 Å². The van der Waals surface area contributed by atoms with Crippen molar-refractivity contribution in [2.45, 2.75) is 32.6 Å². The van der Waals surface area contributed by atoms with Crippen molar-refractivity contribution in [1.82, 2.24) is 10.3 Å². The van der Waals surface area contributed by atoms with Crippen molar-refractivity contribution < 1.29 is 0 Å². The van der Waals surface area contributed by atoms with Crippen LogP contribution < -0.4 is 5.32 Å². The van der Waals surface area contributed by atoms with Crippen LogP contribution in [0.4, 0.5) is 0 Å². The summed E-state index contributed by atoms with van der Waals surface area (Å²) in [5.74, 6) is 0.675. The first-order valence-electron chi connectivity index (χ1n) is 6.32. The van der Waals surface area contributed by atoms with Gasteiger partial charge in [-0.1, -0.05) is 0 Å².